The molecule has 250 valence electrons. The summed E-state index contributed by atoms with van der Waals surface area (Å²) in [6.07, 6.45) is 0.0571. The topological polar surface area (TPSA) is 157 Å². The van der Waals surface area contributed by atoms with Crippen LogP contribution in [0.4, 0.5) is 4.79 Å². The van der Waals surface area contributed by atoms with Crippen molar-refractivity contribution in [1.82, 2.24) is 15.5 Å². The highest BCUT2D eigenvalue weighted by Crippen LogP contribution is 2.28. The molecule has 2 aromatic rings. The number of nitrogens with zero attached hydrogens (tertiary/aromatic N) is 1. The number of carbonyl (C=O) groups is 5. The summed E-state index contributed by atoms with van der Waals surface area (Å²) in [7, 11) is 0. The number of alkyl carbamates (subject to hydrolysis) is 1. The smallest absolute Gasteiger partial charge is 0.408 e. The molecule has 0 aromatic heterocycles. The Hall–Kier alpha value is -4.67. The van der Waals surface area contributed by atoms with Gasteiger partial charge in [-0.1, -0.05) is 54.6 Å². The average Bonchev–Trinajstić information content (AvgIpc) is 2.92. The van der Waals surface area contributed by atoms with E-state index in [1.807, 2.05) is 50.2 Å². The van der Waals surface area contributed by atoms with Crippen LogP contribution in [0.3, 0.4) is 0 Å². The minimum absolute atomic E-state index is 0.126. The van der Waals surface area contributed by atoms with Crippen LogP contribution in [-0.2, 0) is 35.1 Å². The second kappa shape index (κ2) is 16.1. The molecule has 4 N–H and O–H groups in total. The minimum atomic E-state index is -1.46. The Morgan fingerprint density at radius 3 is 2.02 bits per heavy atom. The number of ether oxygens (including phenoxy) is 2. The van der Waals surface area contributed by atoms with Gasteiger partial charge in [0.2, 0.25) is 17.7 Å². The molecule has 4 amide bonds. The summed E-state index contributed by atoms with van der Waals surface area (Å²) >= 11 is 0. The molecule has 2 aromatic carbocycles. The maximum absolute atomic E-state index is 14.4. The lowest BCUT2D eigenvalue weighted by Crippen LogP contribution is -2.55. The third kappa shape index (κ3) is 11.7. The van der Waals surface area contributed by atoms with Gasteiger partial charge < -0.3 is 30.7 Å². The summed E-state index contributed by atoms with van der Waals surface area (Å²) < 4.78 is 11.0. The molecule has 0 heterocycles. The summed E-state index contributed by atoms with van der Waals surface area (Å²) in [5.74, 6) is -2.95. The van der Waals surface area contributed by atoms with Crippen molar-refractivity contribution >= 4 is 29.8 Å². The highest BCUT2D eigenvalue weighted by molar-refractivity contribution is 5.96. The summed E-state index contributed by atoms with van der Waals surface area (Å²) in [6.45, 7) is 17.4. The fourth-order valence-corrected chi connectivity index (χ4v) is 4.70. The molecule has 3 unspecified atom stereocenters. The van der Waals surface area contributed by atoms with Crippen molar-refractivity contribution in [3.05, 3.63) is 83.4 Å². The van der Waals surface area contributed by atoms with Crippen LogP contribution in [0.25, 0.3) is 0 Å². The van der Waals surface area contributed by atoms with Crippen LogP contribution in [0, 0.1) is 13.8 Å². The highest BCUT2D eigenvalue weighted by atomic mass is 16.6. The Kier molecular flexibility index (Phi) is 13.1. The first-order valence-corrected chi connectivity index (χ1v) is 15.2. The van der Waals surface area contributed by atoms with Crippen molar-refractivity contribution in [2.45, 2.75) is 97.6 Å². The maximum Gasteiger partial charge on any atom is 0.408 e. The highest BCUT2D eigenvalue weighted by Gasteiger charge is 2.39. The van der Waals surface area contributed by atoms with Gasteiger partial charge in [0.1, 0.15) is 29.3 Å². The van der Waals surface area contributed by atoms with Gasteiger partial charge in [0, 0.05) is 13.0 Å². The van der Waals surface area contributed by atoms with Crippen LogP contribution < -0.4 is 16.4 Å². The largest absolute Gasteiger partial charge is 0.458 e. The number of hydrogen-bond donors (Lipinski definition) is 3. The van der Waals surface area contributed by atoms with Gasteiger partial charge in [0.05, 0.1) is 6.42 Å². The van der Waals surface area contributed by atoms with Gasteiger partial charge in [-0.05, 0) is 77.6 Å². The first-order valence-electron chi connectivity index (χ1n) is 15.2. The number of benzene rings is 2. The molecule has 2 rings (SSSR count). The van der Waals surface area contributed by atoms with E-state index in [4.69, 9.17) is 15.2 Å². The Balaban J connectivity index is 2.65. The van der Waals surface area contributed by atoms with E-state index < -0.39 is 65.5 Å². The summed E-state index contributed by atoms with van der Waals surface area (Å²) in [6, 6.07) is 10.6. The third-order valence-corrected chi connectivity index (χ3v) is 6.79. The maximum atomic E-state index is 14.4. The zero-order valence-corrected chi connectivity index (χ0v) is 28.1. The van der Waals surface area contributed by atoms with Gasteiger partial charge in [-0.2, -0.15) is 0 Å². The zero-order valence-electron chi connectivity index (χ0n) is 28.1. The molecular formula is C35H48N4O7. The van der Waals surface area contributed by atoms with Crippen LogP contribution >= 0.6 is 0 Å². The Bertz CT molecular complexity index is 1410. The Morgan fingerprint density at radius 1 is 0.870 bits per heavy atom. The van der Waals surface area contributed by atoms with Gasteiger partial charge >= 0.3 is 12.1 Å². The number of amides is 4. The van der Waals surface area contributed by atoms with E-state index in [0.29, 0.717) is 5.56 Å². The second-order valence-electron chi connectivity index (χ2n) is 13.1. The molecule has 11 heteroatoms. The molecule has 0 radical (unpaired) electrons. The fourth-order valence-electron chi connectivity index (χ4n) is 4.70. The van der Waals surface area contributed by atoms with E-state index in [0.717, 1.165) is 16.7 Å². The lowest BCUT2D eigenvalue weighted by atomic mass is 9.94. The number of nitrogens with one attached hydrogen (secondary N) is 2. The first-order chi connectivity index (χ1) is 21.3. The summed E-state index contributed by atoms with van der Waals surface area (Å²) in [4.78, 5) is 68.0. The van der Waals surface area contributed by atoms with Crippen LogP contribution in [-0.4, -0.2) is 64.5 Å². The molecule has 0 aliphatic heterocycles. The monoisotopic (exact) mass is 636 g/mol. The van der Waals surface area contributed by atoms with Gasteiger partial charge in [0.15, 0.2) is 0 Å². The van der Waals surface area contributed by atoms with Crippen LogP contribution in [0.15, 0.2) is 61.2 Å². The van der Waals surface area contributed by atoms with Gasteiger partial charge in [-0.3, -0.25) is 14.4 Å². The van der Waals surface area contributed by atoms with E-state index in [1.54, 1.807) is 53.7 Å². The lowest BCUT2D eigenvalue weighted by Gasteiger charge is -2.35. The number of nitrogens with two attached hydrogens (primary N) is 1. The summed E-state index contributed by atoms with van der Waals surface area (Å²) in [5.41, 5.74) is 6.60. The van der Waals surface area contributed by atoms with Gasteiger partial charge in [0.25, 0.3) is 0 Å². The van der Waals surface area contributed by atoms with Crippen LogP contribution in [0.5, 0.6) is 0 Å². The molecule has 0 saturated heterocycles. The number of aryl methyl sites for hydroxylation is 1. The Morgan fingerprint density at radius 2 is 1.48 bits per heavy atom. The molecule has 0 bridgehead atoms. The normalized spacial score (nSPS) is 13.4. The number of carbonyl (C=O) groups excluding carboxylic acids is 5. The van der Waals surface area contributed by atoms with E-state index in [9.17, 15) is 24.0 Å². The summed E-state index contributed by atoms with van der Waals surface area (Å²) in [5, 5.41) is 5.27. The molecule has 3 atom stereocenters. The molecule has 0 saturated carbocycles. The predicted molar refractivity (Wildman–Crippen MR) is 175 cm³/mol. The zero-order chi connectivity index (χ0) is 34.8. The predicted octanol–water partition coefficient (Wildman–Crippen LogP) is 4.20. The van der Waals surface area contributed by atoms with Crippen molar-refractivity contribution in [3.8, 4) is 0 Å². The molecule has 0 spiro atoms. The minimum Gasteiger partial charge on any atom is -0.458 e. The van der Waals surface area contributed by atoms with Gasteiger partial charge in [-0.25, -0.2) is 9.59 Å². The van der Waals surface area contributed by atoms with Crippen molar-refractivity contribution in [2.75, 3.05) is 6.54 Å². The van der Waals surface area contributed by atoms with Crippen molar-refractivity contribution < 1.29 is 33.4 Å². The van der Waals surface area contributed by atoms with E-state index in [-0.39, 0.29) is 13.0 Å². The molecule has 0 aliphatic carbocycles. The number of rotatable bonds is 13. The Labute approximate surface area is 271 Å². The van der Waals surface area contributed by atoms with Crippen molar-refractivity contribution in [1.29, 1.82) is 0 Å². The van der Waals surface area contributed by atoms with Crippen molar-refractivity contribution in [2.24, 2.45) is 5.73 Å². The lowest BCUT2D eigenvalue weighted by molar-refractivity contribution is -0.159. The molecule has 11 nitrogen and oxygen atoms in total. The van der Waals surface area contributed by atoms with E-state index >= 15 is 0 Å². The van der Waals surface area contributed by atoms with Crippen molar-refractivity contribution in [3.63, 3.8) is 0 Å². The molecule has 0 fully saturated rings. The first kappa shape index (κ1) is 37.5. The molecule has 0 aliphatic rings. The fraction of sp³-hybridized carbons (Fsp3) is 0.457. The van der Waals surface area contributed by atoms with Crippen LogP contribution in [0.1, 0.15) is 76.3 Å². The number of esters is 1. The average molecular weight is 637 g/mol. The molecular weight excluding hydrogens is 588 g/mol. The third-order valence-electron chi connectivity index (χ3n) is 6.79. The van der Waals surface area contributed by atoms with Crippen LogP contribution in [0.2, 0.25) is 0 Å². The number of primary amides is 1. The van der Waals surface area contributed by atoms with E-state index in [2.05, 4.69) is 17.2 Å². The number of hydrogen-bond acceptors (Lipinski definition) is 7. The quantitative estimate of drug-likeness (QED) is 0.220. The standard InChI is InChI=1S/C35H48N4O7/c1-10-19-39(31(42)26(21-28(36)40)38-33(44)46-35(7,8)9)29(25-18-14-15-22(2)23(25)3)30(41)37-27(32(43)45-34(4,5)6)20-24-16-12-11-13-17-24/h10-18,26-27,29H,1,19-21H2,2-9H3,(H2,36,40)(H,37,41)(H,38,44). The van der Waals surface area contributed by atoms with Gasteiger partial charge in [-0.15, -0.1) is 6.58 Å². The molecule has 46 heavy (non-hydrogen) atoms. The van der Waals surface area contributed by atoms with E-state index in [1.165, 1.54) is 11.0 Å². The second-order valence-corrected chi connectivity index (χ2v) is 13.1. The SMILES string of the molecule is C=CCN(C(=O)C(CC(N)=O)NC(=O)OC(C)(C)C)C(C(=O)NC(Cc1ccccc1)C(=O)OC(C)(C)C)c1cccc(C)c1C.